The number of hydrogen-bond donors (Lipinski definition) is 0. The van der Waals surface area contributed by atoms with Crippen LogP contribution in [0.15, 0.2) is 352 Å². The highest BCUT2D eigenvalue weighted by Gasteiger charge is 2.54. The van der Waals surface area contributed by atoms with Crippen LogP contribution in [0.4, 0.5) is 0 Å². The van der Waals surface area contributed by atoms with Gasteiger partial charge in [-0.3, -0.25) is 0 Å². The minimum atomic E-state index is -0.718. The van der Waals surface area contributed by atoms with E-state index in [4.69, 9.17) is 9.47 Å². The quantitative estimate of drug-likeness (QED) is 0.148. The molecule has 2 aliphatic heterocycles. The maximum absolute atomic E-state index is 7.53. The van der Waals surface area contributed by atoms with Gasteiger partial charge in [0.1, 0.15) is 23.0 Å². The Morgan fingerprint density at radius 2 is 0.537 bits per heavy atom. The molecule has 16 aromatic rings. The maximum Gasteiger partial charge on any atom is 0.140 e. The molecule has 0 atom stereocenters. The smallest absolute Gasteiger partial charge is 0.140 e. The molecule has 442 valence electrons. The van der Waals surface area contributed by atoms with Crippen LogP contribution in [0, 0.1) is 0 Å². The van der Waals surface area contributed by atoms with E-state index in [1.807, 2.05) is 0 Å². The number of benzene rings is 16. The Balaban J connectivity index is 0.930. The van der Waals surface area contributed by atoms with E-state index < -0.39 is 16.2 Å². The largest absolute Gasteiger partial charge is 0.456 e. The highest BCUT2D eigenvalue weighted by atomic mass is 16.5. The molecule has 2 heteroatoms. The number of rotatable bonds is 7. The molecule has 2 aliphatic carbocycles. The van der Waals surface area contributed by atoms with Gasteiger partial charge in [-0.15, -0.1) is 0 Å². The Labute approximate surface area is 551 Å². The fourth-order valence-electron chi connectivity index (χ4n) is 18.0. The van der Waals surface area contributed by atoms with Crippen LogP contribution in [0.2, 0.25) is 0 Å². The van der Waals surface area contributed by atoms with Crippen molar-refractivity contribution in [1.29, 1.82) is 0 Å². The Hall–Kier alpha value is -12.1. The molecule has 0 saturated carbocycles. The standard InChI is InChI=1S/C93H58O2/c1-5-29-60(30-6-1)91(61-31-7-2-8-32-61)79-50-19-21-54-84(79)94-89-71(44-26-52-82(89)91)65-40-23-42-69-75(65)58-76-66(72-45-27-53-83-90(72)95-85-55-22-20-51-80(85)92(83,62-33-9-3-10-34-62)63-35-11-4-12-36-63)41-24-43-70(76)86(69)73-46-25-47-74-87-64-37-14-13-28-59(64)56-57-81(87)93(88(73)74)77-48-17-15-38-67(77)68-39-16-18-49-78(68)93/h1-58H. The molecule has 0 amide bonds. The van der Waals surface area contributed by atoms with Gasteiger partial charge in [-0.25, -0.2) is 0 Å². The van der Waals surface area contributed by atoms with Crippen LogP contribution in [-0.4, -0.2) is 0 Å². The Morgan fingerprint density at radius 1 is 0.189 bits per heavy atom. The first-order valence-corrected chi connectivity index (χ1v) is 33.1. The predicted molar refractivity (Wildman–Crippen MR) is 388 cm³/mol. The number of hydrogen-bond acceptors (Lipinski definition) is 2. The minimum Gasteiger partial charge on any atom is -0.456 e. The molecule has 0 radical (unpaired) electrons. The fourth-order valence-corrected chi connectivity index (χ4v) is 18.0. The summed E-state index contributed by atoms with van der Waals surface area (Å²) in [7, 11) is 0. The second kappa shape index (κ2) is 20.4. The third-order valence-corrected chi connectivity index (χ3v) is 21.6. The monoisotopic (exact) mass is 1210 g/mol. The van der Waals surface area contributed by atoms with Gasteiger partial charge in [0.2, 0.25) is 0 Å². The van der Waals surface area contributed by atoms with Gasteiger partial charge in [0.15, 0.2) is 0 Å². The third kappa shape index (κ3) is 7.18. The molecule has 0 unspecified atom stereocenters. The topological polar surface area (TPSA) is 18.5 Å². The van der Waals surface area contributed by atoms with Crippen LogP contribution in [0.5, 0.6) is 23.0 Å². The zero-order chi connectivity index (χ0) is 62.4. The first-order valence-electron chi connectivity index (χ1n) is 33.1. The van der Waals surface area contributed by atoms with Gasteiger partial charge in [0, 0.05) is 33.4 Å². The lowest BCUT2D eigenvalue weighted by Gasteiger charge is -2.42. The van der Waals surface area contributed by atoms with E-state index in [0.717, 1.165) is 89.1 Å². The SMILES string of the molecule is c1ccc(C2(c3ccccc3)c3ccccc3Oc3c(-c4cccc5c(-c6cccc7c6C6(c8ccccc8-c8ccccc86)c6ccc8ccccc8c6-7)c6cccc(-c7cccc8c7Oc7ccccc7C8(c7ccccc7)c7ccccc7)c6cc45)cccc32)cc1. The van der Waals surface area contributed by atoms with Crippen LogP contribution >= 0.6 is 0 Å². The molecule has 1 spiro atoms. The summed E-state index contributed by atoms with van der Waals surface area (Å²) >= 11 is 0. The Kier molecular flexibility index (Phi) is 11.5. The lowest BCUT2D eigenvalue weighted by Crippen LogP contribution is -2.34. The van der Waals surface area contributed by atoms with Gasteiger partial charge in [-0.2, -0.15) is 0 Å². The molecule has 0 fully saturated rings. The lowest BCUT2D eigenvalue weighted by molar-refractivity contribution is 0.436. The van der Waals surface area contributed by atoms with Crippen LogP contribution in [-0.2, 0) is 16.2 Å². The average Bonchev–Trinajstić information content (AvgIpc) is 1.54. The summed E-state index contributed by atoms with van der Waals surface area (Å²) in [6.07, 6.45) is 0. The zero-order valence-electron chi connectivity index (χ0n) is 51.8. The molecule has 16 aromatic carbocycles. The third-order valence-electron chi connectivity index (χ3n) is 21.6. The van der Waals surface area contributed by atoms with Crippen molar-refractivity contribution in [3.05, 3.63) is 419 Å². The summed E-state index contributed by atoms with van der Waals surface area (Å²) in [5, 5.41) is 7.00. The first-order chi connectivity index (χ1) is 47.2. The number of para-hydroxylation sites is 4. The molecular formula is C93H58O2. The van der Waals surface area contributed by atoms with Crippen molar-refractivity contribution in [3.63, 3.8) is 0 Å². The second-order valence-electron chi connectivity index (χ2n) is 25.9. The second-order valence-corrected chi connectivity index (χ2v) is 25.9. The highest BCUT2D eigenvalue weighted by Crippen LogP contribution is 2.67. The molecule has 2 nitrogen and oxygen atoms in total. The van der Waals surface area contributed by atoms with Crippen molar-refractivity contribution in [1.82, 2.24) is 0 Å². The average molecular weight is 1210 g/mol. The van der Waals surface area contributed by atoms with Gasteiger partial charge in [0.25, 0.3) is 0 Å². The van der Waals surface area contributed by atoms with E-state index in [9.17, 15) is 0 Å². The van der Waals surface area contributed by atoms with Crippen molar-refractivity contribution < 1.29 is 9.47 Å². The molecule has 4 aliphatic rings. The molecule has 0 aromatic heterocycles. The summed E-state index contributed by atoms with van der Waals surface area (Å²) in [4.78, 5) is 0. The van der Waals surface area contributed by atoms with Crippen LogP contribution in [0.3, 0.4) is 0 Å². The molecule has 2 heterocycles. The van der Waals surface area contributed by atoms with E-state index in [1.54, 1.807) is 0 Å². The number of fused-ring (bicyclic) bond motifs is 18. The van der Waals surface area contributed by atoms with E-state index in [2.05, 4.69) is 352 Å². The van der Waals surface area contributed by atoms with E-state index in [-0.39, 0.29) is 0 Å². The van der Waals surface area contributed by atoms with Crippen LogP contribution in [0.25, 0.3) is 88.0 Å². The molecular weight excluding hydrogens is 1150 g/mol. The van der Waals surface area contributed by atoms with Crippen molar-refractivity contribution in [2.45, 2.75) is 16.2 Å². The molecule has 20 rings (SSSR count). The number of ether oxygens (including phenoxy) is 2. The van der Waals surface area contributed by atoms with Crippen molar-refractivity contribution in [2.24, 2.45) is 0 Å². The summed E-state index contributed by atoms with van der Waals surface area (Å²) < 4.78 is 15.1. The maximum atomic E-state index is 7.53. The molecule has 0 bridgehead atoms. The summed E-state index contributed by atoms with van der Waals surface area (Å²) in [5.74, 6) is 3.34. The van der Waals surface area contributed by atoms with Gasteiger partial charge in [-0.05, 0) is 140 Å². The van der Waals surface area contributed by atoms with E-state index in [0.29, 0.717) is 0 Å². The lowest BCUT2D eigenvalue weighted by atomic mass is 9.63. The van der Waals surface area contributed by atoms with Gasteiger partial charge >= 0.3 is 0 Å². The van der Waals surface area contributed by atoms with E-state index in [1.165, 1.54) is 88.7 Å². The molecule has 95 heavy (non-hydrogen) atoms. The fraction of sp³-hybridized carbons (Fsp3) is 0.0323. The predicted octanol–water partition coefficient (Wildman–Crippen LogP) is 23.5. The first kappa shape index (κ1) is 53.6. The van der Waals surface area contributed by atoms with Gasteiger partial charge in [-0.1, -0.05) is 334 Å². The Morgan fingerprint density at radius 3 is 1.03 bits per heavy atom. The summed E-state index contributed by atoms with van der Waals surface area (Å²) in [6.45, 7) is 0. The normalized spacial score (nSPS) is 14.3. The van der Waals surface area contributed by atoms with Crippen LogP contribution in [0.1, 0.15) is 66.8 Å². The van der Waals surface area contributed by atoms with Crippen molar-refractivity contribution >= 4 is 32.3 Å². The van der Waals surface area contributed by atoms with Crippen molar-refractivity contribution in [2.75, 3.05) is 0 Å². The van der Waals surface area contributed by atoms with E-state index >= 15 is 0 Å². The summed E-state index contributed by atoms with van der Waals surface area (Å²) in [5.41, 5.74) is 23.8. The van der Waals surface area contributed by atoms with Crippen LogP contribution < -0.4 is 9.47 Å². The highest BCUT2D eigenvalue weighted by molar-refractivity contribution is 6.21. The van der Waals surface area contributed by atoms with Crippen molar-refractivity contribution in [3.8, 4) is 78.6 Å². The minimum absolute atomic E-state index is 0.669. The molecule has 0 N–H and O–H groups in total. The van der Waals surface area contributed by atoms with Gasteiger partial charge < -0.3 is 9.47 Å². The zero-order valence-corrected chi connectivity index (χ0v) is 51.8. The Bertz CT molecular complexity index is 5480. The summed E-state index contributed by atoms with van der Waals surface area (Å²) in [6, 6.07) is 131. The van der Waals surface area contributed by atoms with Gasteiger partial charge in [0.05, 0.1) is 16.2 Å². The molecule has 0 saturated heterocycles.